The van der Waals surface area contributed by atoms with Gasteiger partial charge in [0, 0.05) is 249 Å². The number of aromatic nitrogens is 17. The largest absolute Gasteiger partial charge is 0.369 e. The highest BCUT2D eigenvalue weighted by Crippen LogP contribution is 2.42. The van der Waals surface area contributed by atoms with Gasteiger partial charge in [-0.1, -0.05) is 53.0 Å². The van der Waals surface area contributed by atoms with Gasteiger partial charge in [-0.15, -0.1) is 10.2 Å². The number of halogens is 8. The van der Waals surface area contributed by atoms with Crippen molar-refractivity contribution in [3.63, 3.8) is 0 Å². The summed E-state index contributed by atoms with van der Waals surface area (Å²) in [7, 11) is 4.28. The van der Waals surface area contributed by atoms with Crippen LogP contribution in [0.3, 0.4) is 0 Å². The van der Waals surface area contributed by atoms with Gasteiger partial charge in [-0.05, 0) is 254 Å². The van der Waals surface area contributed by atoms with Gasteiger partial charge in [0.05, 0.1) is 39.9 Å². The number of likely N-dealkylation sites (N-methyl/N-ethyl adjacent to an activating group) is 2. The van der Waals surface area contributed by atoms with Gasteiger partial charge in [0.25, 0.3) is 0 Å². The number of piperazine rings is 2. The molecule has 0 bridgehead atoms. The highest BCUT2D eigenvalue weighted by molar-refractivity contribution is 6.31. The smallest absolute Gasteiger partial charge is 0.222 e. The molecule has 0 saturated carbocycles. The number of hydrogen-bond acceptors (Lipinski definition) is 23. The lowest BCUT2D eigenvalue weighted by Crippen LogP contribution is -2.44. The Hall–Kier alpha value is -16.4. The molecule has 0 aliphatic carbocycles. The standard InChI is InChI=1S/C30H25F2N5.C28H23ClFN7.C26H17ClFN5O.C23H14ClFN6/c1-36-11-13-37(14-12-36)24-7-4-20(5-8-24)21-15-22(19-33-18-21)26-17-29(27-16-23(31)6-9-28(27)32)35-30-25(26)3-2-10-34-30;1-36-9-11-37(12-10-36)27-7-6-25(34-35-27)19-13-18(16-31-17-19)22-15-26(23-14-20(29)4-5-24(23)30)33-28-21(22)3-2-8-32-28;1-15(34)31-25-6-2-5-23(32-25)17-10-16(13-29-14-17)20-12-24(21-11-18(27)7-8-22(21)28)33-26-19(20)4-3-9-30-26;24-15-3-4-19(25)18(9-15)21-10-17(16-2-1-6-28-22(16)30-21)13-8-14(12-27-11-13)20-5-7-29-23(26)31-20/h2-10,15-19H,11-14H2,1H3;2-8,13-17H,9-12H2,1H3;2-14H,1H3,(H,31,32,34);1-12H,(H2,26,29,31). The first-order chi connectivity index (χ1) is 67.6. The predicted molar refractivity (Wildman–Crippen MR) is 536 cm³/mol. The average Bonchev–Trinajstić information content (AvgIpc) is 0.781. The van der Waals surface area contributed by atoms with Gasteiger partial charge in [0.1, 0.15) is 34.9 Å². The van der Waals surface area contributed by atoms with Crippen molar-refractivity contribution in [1.82, 2.24) is 94.8 Å². The first-order valence-electron chi connectivity index (χ1n) is 44.0. The van der Waals surface area contributed by atoms with Crippen LogP contribution in [0, 0.1) is 29.1 Å². The van der Waals surface area contributed by atoms with E-state index in [2.05, 4.69) is 154 Å². The fourth-order valence-electron chi connectivity index (χ4n) is 16.4. The molecule has 20 aromatic rings. The summed E-state index contributed by atoms with van der Waals surface area (Å²) in [6.45, 7) is 9.46. The Morgan fingerprint density at radius 3 is 1.11 bits per heavy atom. The van der Waals surface area contributed by atoms with E-state index in [9.17, 15) is 26.7 Å². The zero-order chi connectivity index (χ0) is 95.7. The molecule has 684 valence electrons. The molecule has 0 radical (unpaired) electrons. The van der Waals surface area contributed by atoms with Crippen molar-refractivity contribution in [2.24, 2.45) is 0 Å². The Balaban J connectivity index is 0.000000118. The van der Waals surface area contributed by atoms with Crippen LogP contribution < -0.4 is 20.9 Å². The van der Waals surface area contributed by atoms with Crippen LogP contribution in [-0.4, -0.2) is 167 Å². The summed E-state index contributed by atoms with van der Waals surface area (Å²) in [5.74, 6) is -1.00. The Morgan fingerprint density at radius 2 is 0.698 bits per heavy atom. The number of carbonyl (C=O) groups is 1. The first kappa shape index (κ1) is 91.7. The second kappa shape index (κ2) is 41.0. The Kier molecular flexibility index (Phi) is 27.0. The van der Waals surface area contributed by atoms with Crippen LogP contribution in [0.5, 0.6) is 0 Å². The SMILES string of the molecule is CC(=O)Nc1cccc(-c2cncc(-c3cc(-c4cc(Cl)ccc4F)nc4ncccc34)c2)n1.CN1CCN(c2ccc(-c3cncc(-c4cc(-c5cc(Cl)ccc5F)nc5ncccc45)c3)nn2)CC1.CN1CCN(c2ccc(-c3cncc(-c4cc(-c5cc(F)ccc5F)nc5ncccc45)c3)cc2)CC1.Nc1nccc(-c2cncc(-c3cc(-c4cc(Cl)ccc4F)nc4ncccc34)c2)n1. The molecule has 22 rings (SSSR count). The van der Waals surface area contributed by atoms with Gasteiger partial charge in [-0.25, -0.2) is 76.8 Å². The van der Waals surface area contributed by atoms with Crippen molar-refractivity contribution in [3.8, 4) is 134 Å². The number of nitrogen functional groups attached to an aromatic ring is 1. The van der Waals surface area contributed by atoms with Crippen LogP contribution in [0.4, 0.5) is 45.2 Å². The molecule has 2 saturated heterocycles. The average molecular weight is 1900 g/mol. The number of hydrogen-bond donors (Lipinski definition) is 2. The fraction of sp³-hybridized carbons (Fsp3) is 0.103. The minimum atomic E-state index is -0.539. The molecular weight excluding hydrogens is 1820 g/mol. The molecule has 32 heteroatoms. The number of nitrogens with one attached hydrogen (secondary N) is 1. The van der Waals surface area contributed by atoms with Crippen molar-refractivity contribution >= 4 is 108 Å². The minimum absolute atomic E-state index is 0.0948. The van der Waals surface area contributed by atoms with Gasteiger partial charge < -0.3 is 30.7 Å². The van der Waals surface area contributed by atoms with E-state index in [0.29, 0.717) is 88.8 Å². The molecule has 15 aromatic heterocycles. The lowest BCUT2D eigenvalue weighted by molar-refractivity contribution is -0.114. The fourth-order valence-corrected chi connectivity index (χ4v) is 16.9. The van der Waals surface area contributed by atoms with E-state index in [0.717, 1.165) is 176 Å². The number of rotatable bonds is 15. The van der Waals surface area contributed by atoms with Gasteiger partial charge in [-0.3, -0.25) is 24.7 Å². The molecule has 24 nitrogen and oxygen atoms in total. The third kappa shape index (κ3) is 21.0. The van der Waals surface area contributed by atoms with Gasteiger partial charge in [0.15, 0.2) is 28.4 Å². The lowest BCUT2D eigenvalue weighted by Gasteiger charge is -2.34. The molecule has 0 unspecified atom stereocenters. The number of carbonyl (C=O) groups excluding carboxylic acids is 1. The van der Waals surface area contributed by atoms with Crippen molar-refractivity contribution in [3.05, 3.63) is 355 Å². The van der Waals surface area contributed by atoms with Crippen LogP contribution >= 0.6 is 34.8 Å². The summed E-state index contributed by atoms with van der Waals surface area (Å²) < 4.78 is 72.5. The molecule has 0 spiro atoms. The van der Waals surface area contributed by atoms with E-state index in [4.69, 9.17) is 40.5 Å². The normalized spacial score (nSPS) is 12.7. The van der Waals surface area contributed by atoms with E-state index >= 15 is 0 Å². The molecule has 2 fully saturated rings. The van der Waals surface area contributed by atoms with Crippen molar-refractivity contribution in [2.75, 3.05) is 87.3 Å². The van der Waals surface area contributed by atoms with Crippen LogP contribution in [-0.2, 0) is 4.79 Å². The zero-order valence-electron chi connectivity index (χ0n) is 74.5. The predicted octanol–water partition coefficient (Wildman–Crippen LogP) is 22.8. The Morgan fingerprint density at radius 1 is 0.317 bits per heavy atom. The molecule has 2 aliphatic heterocycles. The summed E-state index contributed by atoms with van der Waals surface area (Å²) in [5.41, 5.74) is 24.4. The number of nitrogens with zero attached hydrogens (tertiary/aromatic N) is 21. The molecule has 17 heterocycles. The minimum Gasteiger partial charge on any atom is -0.369 e. The maximum absolute atomic E-state index is 14.7. The maximum atomic E-state index is 14.7. The number of nitrogens with two attached hydrogens (primary N) is 1. The van der Waals surface area contributed by atoms with Gasteiger partial charge >= 0.3 is 0 Å². The summed E-state index contributed by atoms with van der Waals surface area (Å²) in [6.07, 6.45) is 22.2. The molecular formula is C107H79Cl3F5N23O. The summed E-state index contributed by atoms with van der Waals surface area (Å²) >= 11 is 18.4. The quantitative estimate of drug-likeness (QED) is 0.0902. The highest BCUT2D eigenvalue weighted by Gasteiger charge is 2.24. The summed E-state index contributed by atoms with van der Waals surface area (Å²) in [4.78, 5) is 87.0. The van der Waals surface area contributed by atoms with Crippen molar-refractivity contribution in [1.29, 1.82) is 0 Å². The lowest BCUT2D eigenvalue weighted by atomic mass is 9.98. The van der Waals surface area contributed by atoms with Crippen LogP contribution in [0.2, 0.25) is 15.1 Å². The third-order valence-electron chi connectivity index (χ3n) is 23.5. The molecule has 3 N–H and O–H groups in total. The molecule has 0 atom stereocenters. The van der Waals surface area contributed by atoms with Crippen molar-refractivity contribution < 1.29 is 26.7 Å². The molecule has 139 heavy (non-hydrogen) atoms. The Labute approximate surface area is 808 Å². The topological polar surface area (TPSA) is 287 Å². The second-order valence-corrected chi connectivity index (χ2v) is 34.2. The summed E-state index contributed by atoms with van der Waals surface area (Å²) in [5, 5.41) is 16.2. The van der Waals surface area contributed by atoms with E-state index in [-0.39, 0.29) is 23.0 Å². The van der Waals surface area contributed by atoms with Crippen molar-refractivity contribution in [2.45, 2.75) is 6.92 Å². The number of benzene rings is 5. The molecule has 1 amide bonds. The Bertz CT molecular complexity index is 7790. The van der Waals surface area contributed by atoms with E-state index in [1.54, 1.807) is 117 Å². The number of pyridine rings is 13. The molecule has 5 aromatic carbocycles. The van der Waals surface area contributed by atoms with Crippen LogP contribution in [0.25, 0.3) is 179 Å². The number of fused-ring (bicyclic) bond motifs is 4. The van der Waals surface area contributed by atoms with Gasteiger partial charge in [0.2, 0.25) is 11.9 Å². The monoisotopic (exact) mass is 1900 g/mol. The number of anilines is 4. The first-order valence-corrected chi connectivity index (χ1v) is 45.1. The zero-order valence-corrected chi connectivity index (χ0v) is 76.8. The highest BCUT2D eigenvalue weighted by atomic mass is 35.5. The second-order valence-electron chi connectivity index (χ2n) is 32.9. The van der Waals surface area contributed by atoms with Crippen LogP contribution in [0.15, 0.2) is 311 Å². The number of amides is 1. The third-order valence-corrected chi connectivity index (χ3v) is 24.2. The van der Waals surface area contributed by atoms with Gasteiger partial charge in [-0.2, -0.15) is 0 Å². The summed E-state index contributed by atoms with van der Waals surface area (Å²) in [6, 6.07) is 66.4. The van der Waals surface area contributed by atoms with E-state index < -0.39 is 29.1 Å². The van der Waals surface area contributed by atoms with E-state index in [1.807, 2.05) is 109 Å². The molecule has 2 aliphatic rings. The van der Waals surface area contributed by atoms with Crippen LogP contribution in [0.1, 0.15) is 6.92 Å². The maximum Gasteiger partial charge on any atom is 0.222 e. The van der Waals surface area contributed by atoms with E-state index in [1.165, 1.54) is 49.0 Å².